The highest BCUT2D eigenvalue weighted by molar-refractivity contribution is 7.92. The lowest BCUT2D eigenvalue weighted by atomic mass is 9.51. The third kappa shape index (κ3) is 5.81. The van der Waals surface area contributed by atoms with Crippen molar-refractivity contribution in [1.82, 2.24) is 19.8 Å². The Hall–Kier alpha value is -3.50. The summed E-state index contributed by atoms with van der Waals surface area (Å²) in [5, 5.41) is 0. The van der Waals surface area contributed by atoms with Gasteiger partial charge >= 0.3 is 0 Å². The molecule has 9 nitrogen and oxygen atoms in total. The molecule has 1 aromatic heterocycles. The summed E-state index contributed by atoms with van der Waals surface area (Å²) in [6.07, 6.45) is 4.94. The van der Waals surface area contributed by atoms with Crippen LogP contribution in [0.15, 0.2) is 53.4 Å². The van der Waals surface area contributed by atoms with Crippen molar-refractivity contribution < 1.29 is 17.9 Å². The predicted molar refractivity (Wildman–Crippen MR) is 171 cm³/mol. The molecule has 44 heavy (non-hydrogen) atoms. The van der Waals surface area contributed by atoms with Crippen LogP contribution in [0.3, 0.4) is 0 Å². The van der Waals surface area contributed by atoms with Gasteiger partial charge in [0.2, 0.25) is 11.8 Å². The van der Waals surface area contributed by atoms with Gasteiger partial charge in [-0.15, -0.1) is 0 Å². The van der Waals surface area contributed by atoms with Gasteiger partial charge in [-0.25, -0.2) is 18.1 Å². The number of sulfonamides is 1. The molecular formula is C34H43N5O4S. The van der Waals surface area contributed by atoms with Gasteiger partial charge in [-0.3, -0.25) is 4.79 Å². The average Bonchev–Trinajstić information content (AvgIpc) is 2.90. The zero-order valence-electron chi connectivity index (χ0n) is 26.5. The number of hydrogen-bond donors (Lipinski definition) is 1. The van der Waals surface area contributed by atoms with E-state index < -0.39 is 10.0 Å². The Bertz CT molecular complexity index is 1650. The molecule has 1 atom stereocenters. The summed E-state index contributed by atoms with van der Waals surface area (Å²) in [5.74, 6) is 0.341. The minimum absolute atomic E-state index is 0.00982. The summed E-state index contributed by atoms with van der Waals surface area (Å²) in [5.41, 5.74) is 4.12. The Morgan fingerprint density at radius 3 is 2.36 bits per heavy atom. The normalized spacial score (nSPS) is 26.1. The molecule has 2 aliphatic carbocycles. The molecule has 6 rings (SSSR count). The third-order valence-corrected chi connectivity index (χ3v) is 11.0. The molecule has 0 radical (unpaired) electrons. The van der Waals surface area contributed by atoms with E-state index >= 15 is 0 Å². The number of benzene rings is 2. The van der Waals surface area contributed by atoms with Gasteiger partial charge in [0.25, 0.3) is 15.9 Å². The number of nitrogens with zero attached hydrogens (tertiary/aromatic N) is 4. The molecule has 2 saturated carbocycles. The van der Waals surface area contributed by atoms with Crippen molar-refractivity contribution in [3.63, 3.8) is 0 Å². The number of amides is 1. The first-order chi connectivity index (χ1) is 20.8. The summed E-state index contributed by atoms with van der Waals surface area (Å²) in [6.45, 7) is 8.54. The van der Waals surface area contributed by atoms with Crippen LogP contribution < -0.4 is 9.46 Å². The molecule has 1 spiro atoms. The van der Waals surface area contributed by atoms with Gasteiger partial charge in [-0.1, -0.05) is 38.1 Å². The fraction of sp³-hybridized carbons (Fsp3) is 0.500. The minimum Gasteiger partial charge on any atom is -0.475 e. The van der Waals surface area contributed by atoms with Crippen molar-refractivity contribution in [3.8, 4) is 17.1 Å². The van der Waals surface area contributed by atoms with E-state index in [4.69, 9.17) is 4.74 Å². The Balaban J connectivity index is 1.42. The fourth-order valence-corrected chi connectivity index (χ4v) is 8.40. The number of fused-ring (bicyclic) bond motifs is 4. The van der Waals surface area contributed by atoms with Crippen molar-refractivity contribution in [1.29, 1.82) is 0 Å². The largest absolute Gasteiger partial charge is 0.475 e. The number of carbonyl (C=O) groups excluding carboxylic acids is 1. The fourth-order valence-electron chi connectivity index (χ4n) is 7.41. The molecule has 4 bridgehead atoms. The van der Waals surface area contributed by atoms with Crippen LogP contribution in [0.4, 0.5) is 5.95 Å². The molecule has 234 valence electrons. The lowest BCUT2D eigenvalue weighted by Crippen LogP contribution is -2.63. The summed E-state index contributed by atoms with van der Waals surface area (Å²) < 4.78 is 36.2. The van der Waals surface area contributed by atoms with E-state index in [1.165, 1.54) is 12.1 Å². The Labute approximate surface area is 261 Å². The number of aryl methyl sites for hydroxylation is 2. The summed E-state index contributed by atoms with van der Waals surface area (Å²) >= 11 is 0. The maximum absolute atomic E-state index is 14.4. The smallest absolute Gasteiger partial charge is 0.264 e. The third-order valence-electron chi connectivity index (χ3n) is 9.65. The Morgan fingerprint density at radius 1 is 1.02 bits per heavy atom. The summed E-state index contributed by atoms with van der Waals surface area (Å²) in [4.78, 5) is 27.8. The Kier molecular flexibility index (Phi) is 7.94. The molecular weight excluding hydrogens is 574 g/mol. The van der Waals surface area contributed by atoms with Gasteiger partial charge in [0.1, 0.15) is 6.61 Å². The van der Waals surface area contributed by atoms with Gasteiger partial charge in [0, 0.05) is 29.3 Å². The number of aromatic nitrogens is 2. The van der Waals surface area contributed by atoms with Crippen LogP contribution in [-0.2, 0) is 10.0 Å². The van der Waals surface area contributed by atoms with Crippen molar-refractivity contribution in [3.05, 3.63) is 65.2 Å². The van der Waals surface area contributed by atoms with E-state index in [0.717, 1.165) is 48.8 Å². The number of anilines is 1. The van der Waals surface area contributed by atoms with Gasteiger partial charge in [0.05, 0.1) is 16.6 Å². The molecule has 0 saturated heterocycles. The van der Waals surface area contributed by atoms with Crippen LogP contribution in [0.25, 0.3) is 11.3 Å². The maximum atomic E-state index is 14.4. The molecule has 0 unspecified atom stereocenters. The second-order valence-electron chi connectivity index (χ2n) is 13.7. The molecule has 1 N–H and O–H groups in total. The highest BCUT2D eigenvalue weighted by Crippen LogP contribution is 2.58. The Morgan fingerprint density at radius 2 is 1.70 bits per heavy atom. The van der Waals surface area contributed by atoms with Crippen LogP contribution in [0.1, 0.15) is 67.4 Å². The number of carbonyl (C=O) groups is 1. The van der Waals surface area contributed by atoms with Crippen LogP contribution in [0, 0.1) is 25.2 Å². The zero-order valence-corrected chi connectivity index (χ0v) is 27.3. The molecule has 3 aliphatic rings. The van der Waals surface area contributed by atoms with E-state index in [-0.39, 0.29) is 46.7 Å². The molecule has 2 aromatic carbocycles. The molecule has 2 heterocycles. The van der Waals surface area contributed by atoms with Crippen molar-refractivity contribution in [2.45, 2.75) is 82.8 Å². The van der Waals surface area contributed by atoms with E-state index in [1.807, 2.05) is 36.9 Å². The molecule has 3 aromatic rings. The number of hydrogen-bond acceptors (Lipinski definition) is 7. The quantitative estimate of drug-likeness (QED) is 0.393. The van der Waals surface area contributed by atoms with Crippen molar-refractivity contribution in [2.75, 3.05) is 25.4 Å². The first-order valence-electron chi connectivity index (χ1n) is 15.5. The minimum atomic E-state index is -4.10. The molecule has 10 heteroatoms. The van der Waals surface area contributed by atoms with E-state index in [2.05, 4.69) is 47.5 Å². The summed E-state index contributed by atoms with van der Waals surface area (Å²) in [6, 6.07) is 14.5. The monoisotopic (exact) mass is 617 g/mol. The second kappa shape index (κ2) is 11.5. The zero-order chi connectivity index (χ0) is 31.4. The van der Waals surface area contributed by atoms with E-state index in [9.17, 15) is 13.2 Å². The van der Waals surface area contributed by atoms with E-state index in [0.29, 0.717) is 23.2 Å². The lowest BCUT2D eigenvalue weighted by molar-refractivity contribution is -0.0974. The van der Waals surface area contributed by atoms with Gasteiger partial charge in [-0.05, 0) is 101 Å². The van der Waals surface area contributed by atoms with Gasteiger partial charge in [0.15, 0.2) is 0 Å². The molecule has 2 fully saturated rings. The van der Waals surface area contributed by atoms with Crippen molar-refractivity contribution in [2.24, 2.45) is 11.3 Å². The van der Waals surface area contributed by atoms with Crippen LogP contribution in [-0.4, -0.2) is 72.9 Å². The topological polar surface area (TPSA) is 105 Å². The van der Waals surface area contributed by atoms with Crippen LogP contribution >= 0.6 is 0 Å². The van der Waals surface area contributed by atoms with Crippen molar-refractivity contribution >= 4 is 21.9 Å². The standard InChI is InChI=1S/C34H43N5O4S/c1-21(2)13-25-20-43-30-15-29(31-22(3)9-7-10-23(31)4)35-33(36-30)37-44(41,42)28-12-8-11-24(14-28)32(40)39(25)27-18-34(19-27)16-26(17-34)38(5)6/h7-12,14-15,21,25-27H,13,16-20H2,1-6H3,(H,35,36,37)/t25-,26-,27-,34?/m1/s1. The highest BCUT2D eigenvalue weighted by atomic mass is 32.2. The molecule has 1 amide bonds. The number of ether oxygens (including phenoxy) is 1. The number of nitrogens with one attached hydrogen (secondary N) is 1. The number of rotatable bonds is 5. The summed E-state index contributed by atoms with van der Waals surface area (Å²) in [7, 11) is 0.166. The maximum Gasteiger partial charge on any atom is 0.264 e. The average molecular weight is 618 g/mol. The SMILES string of the molecule is Cc1cccc(C)c1-c1cc2nc(n1)NS(=O)(=O)c1cccc(c1)C(=O)N([C@H]1CC3(C[C@H](N(C)C)C3)C1)[C@H](CC(C)C)CO2. The first-order valence-corrected chi connectivity index (χ1v) is 17.0. The van der Waals surface area contributed by atoms with E-state index in [1.54, 1.807) is 18.2 Å². The highest BCUT2D eigenvalue weighted by Gasteiger charge is 2.56. The van der Waals surface area contributed by atoms with Crippen LogP contribution in [0.5, 0.6) is 5.88 Å². The van der Waals surface area contributed by atoms with Gasteiger partial charge < -0.3 is 14.5 Å². The van der Waals surface area contributed by atoms with Crippen LogP contribution in [0.2, 0.25) is 0 Å². The lowest BCUT2D eigenvalue weighted by Gasteiger charge is -2.62. The molecule has 1 aliphatic heterocycles. The second-order valence-corrected chi connectivity index (χ2v) is 15.4. The first kappa shape index (κ1) is 30.5. The predicted octanol–water partition coefficient (Wildman–Crippen LogP) is 5.68. The van der Waals surface area contributed by atoms with Gasteiger partial charge in [-0.2, -0.15) is 4.98 Å².